The number of nitrogens with one attached hydrogen (secondary N) is 1. The second-order valence-corrected chi connectivity index (χ2v) is 6.25. The number of carbonyl (C=O) groups excluding carboxylic acids is 1. The van der Waals surface area contributed by atoms with Crippen molar-refractivity contribution in [1.29, 1.82) is 0 Å². The number of aromatic nitrogens is 2. The van der Waals surface area contributed by atoms with Crippen molar-refractivity contribution < 1.29 is 9.53 Å². The highest BCUT2D eigenvalue weighted by Gasteiger charge is 2.14. The van der Waals surface area contributed by atoms with Gasteiger partial charge in [-0.15, -0.1) is 0 Å². The summed E-state index contributed by atoms with van der Waals surface area (Å²) >= 11 is 0. The molecule has 0 aliphatic rings. The highest BCUT2D eigenvalue weighted by molar-refractivity contribution is 6.06. The fourth-order valence-corrected chi connectivity index (χ4v) is 2.77. The van der Waals surface area contributed by atoms with E-state index in [1.165, 1.54) is 0 Å². The molecule has 3 aromatic rings. The molecule has 138 valence electrons. The minimum atomic E-state index is -0.117. The Balaban J connectivity index is 1.82. The molecule has 0 atom stereocenters. The molecule has 0 bridgehead atoms. The van der Waals surface area contributed by atoms with E-state index in [4.69, 9.17) is 4.74 Å². The van der Waals surface area contributed by atoms with Crippen molar-refractivity contribution in [2.45, 2.75) is 13.8 Å². The van der Waals surface area contributed by atoms with Gasteiger partial charge in [-0.2, -0.15) is 0 Å². The van der Waals surface area contributed by atoms with Crippen LogP contribution in [0.15, 0.2) is 54.6 Å². The van der Waals surface area contributed by atoms with Gasteiger partial charge in [0.1, 0.15) is 5.75 Å². The van der Waals surface area contributed by atoms with Crippen molar-refractivity contribution in [1.82, 2.24) is 9.97 Å². The van der Waals surface area contributed by atoms with Crippen molar-refractivity contribution in [3.63, 3.8) is 0 Å². The molecule has 1 aromatic heterocycles. The number of carbonyl (C=O) groups is 1. The molecule has 0 unspecified atom stereocenters. The molecular weight excluding hydrogens is 340 g/mol. The highest BCUT2D eigenvalue weighted by Crippen LogP contribution is 2.23. The van der Waals surface area contributed by atoms with Crippen molar-refractivity contribution in [3.05, 3.63) is 71.5 Å². The molecule has 0 aliphatic heterocycles. The summed E-state index contributed by atoms with van der Waals surface area (Å²) in [6.07, 6.45) is 0. The molecule has 1 amide bonds. The molecule has 6 nitrogen and oxygen atoms in total. The lowest BCUT2D eigenvalue weighted by Crippen LogP contribution is -2.26. The Morgan fingerprint density at radius 1 is 1.00 bits per heavy atom. The number of rotatable bonds is 5. The molecular formula is C21H22N4O2. The zero-order valence-electron chi connectivity index (χ0n) is 15.9. The SMILES string of the molecule is COc1cccc(N(C)C(=O)c2cccc(Nc3nc(C)cc(C)n3)c2)c1. The summed E-state index contributed by atoms with van der Waals surface area (Å²) in [4.78, 5) is 23.2. The van der Waals surface area contributed by atoms with Gasteiger partial charge >= 0.3 is 0 Å². The lowest BCUT2D eigenvalue weighted by molar-refractivity contribution is 0.0993. The van der Waals surface area contributed by atoms with Gasteiger partial charge in [0, 0.05) is 41.4 Å². The van der Waals surface area contributed by atoms with E-state index in [1.807, 2.05) is 56.3 Å². The van der Waals surface area contributed by atoms with Crippen LogP contribution in [0.3, 0.4) is 0 Å². The highest BCUT2D eigenvalue weighted by atomic mass is 16.5. The third-order valence-corrected chi connectivity index (χ3v) is 4.09. The van der Waals surface area contributed by atoms with Crippen molar-refractivity contribution in [2.75, 3.05) is 24.4 Å². The summed E-state index contributed by atoms with van der Waals surface area (Å²) < 4.78 is 5.23. The first kappa shape index (κ1) is 18.4. The predicted molar refractivity (Wildman–Crippen MR) is 107 cm³/mol. The van der Waals surface area contributed by atoms with Crippen molar-refractivity contribution in [3.8, 4) is 5.75 Å². The van der Waals surface area contributed by atoms with Crippen LogP contribution in [0.4, 0.5) is 17.3 Å². The van der Waals surface area contributed by atoms with Crippen LogP contribution in [0.1, 0.15) is 21.7 Å². The number of aryl methyl sites for hydroxylation is 2. The number of anilines is 3. The summed E-state index contributed by atoms with van der Waals surface area (Å²) in [5, 5.41) is 3.16. The zero-order valence-corrected chi connectivity index (χ0v) is 15.9. The van der Waals surface area contributed by atoms with Gasteiger partial charge in [-0.05, 0) is 50.2 Å². The van der Waals surface area contributed by atoms with E-state index in [2.05, 4.69) is 15.3 Å². The van der Waals surface area contributed by atoms with E-state index in [0.29, 0.717) is 17.3 Å². The third kappa shape index (κ3) is 4.41. The Labute approximate surface area is 158 Å². The maximum atomic E-state index is 12.9. The van der Waals surface area contributed by atoms with Crippen LogP contribution in [-0.2, 0) is 0 Å². The molecule has 2 aromatic carbocycles. The van der Waals surface area contributed by atoms with E-state index >= 15 is 0 Å². The van der Waals surface area contributed by atoms with Crippen LogP contribution in [0.2, 0.25) is 0 Å². The van der Waals surface area contributed by atoms with Gasteiger partial charge in [-0.3, -0.25) is 4.79 Å². The first-order valence-electron chi connectivity index (χ1n) is 8.58. The molecule has 0 spiro atoms. The Hall–Kier alpha value is -3.41. The maximum Gasteiger partial charge on any atom is 0.258 e. The smallest absolute Gasteiger partial charge is 0.258 e. The molecule has 27 heavy (non-hydrogen) atoms. The molecule has 1 heterocycles. The second kappa shape index (κ2) is 7.86. The average molecular weight is 362 g/mol. The van der Waals surface area contributed by atoms with Crippen molar-refractivity contribution in [2.24, 2.45) is 0 Å². The second-order valence-electron chi connectivity index (χ2n) is 6.25. The molecule has 0 fully saturated rings. The summed E-state index contributed by atoms with van der Waals surface area (Å²) in [6.45, 7) is 3.84. The van der Waals surface area contributed by atoms with Gasteiger partial charge in [0.2, 0.25) is 5.95 Å². The van der Waals surface area contributed by atoms with Crippen LogP contribution in [0.5, 0.6) is 5.75 Å². The van der Waals surface area contributed by atoms with E-state index in [1.54, 1.807) is 31.2 Å². The fourth-order valence-electron chi connectivity index (χ4n) is 2.77. The van der Waals surface area contributed by atoms with Gasteiger partial charge in [0.25, 0.3) is 5.91 Å². The van der Waals surface area contributed by atoms with Crippen LogP contribution in [0.25, 0.3) is 0 Å². The molecule has 0 saturated heterocycles. The molecule has 3 rings (SSSR count). The van der Waals surface area contributed by atoms with Crippen molar-refractivity contribution >= 4 is 23.2 Å². The largest absolute Gasteiger partial charge is 0.497 e. The standard InChI is InChI=1S/C21H22N4O2/c1-14-11-15(2)23-21(22-14)24-17-8-5-7-16(12-17)20(26)25(3)18-9-6-10-19(13-18)27-4/h5-13H,1-4H3,(H,22,23,24). The van der Waals surface area contributed by atoms with Gasteiger partial charge in [-0.1, -0.05) is 12.1 Å². The van der Waals surface area contributed by atoms with Crippen LogP contribution < -0.4 is 15.0 Å². The normalized spacial score (nSPS) is 10.4. The first-order valence-corrected chi connectivity index (χ1v) is 8.58. The predicted octanol–water partition coefficient (Wildman–Crippen LogP) is 4.12. The lowest BCUT2D eigenvalue weighted by Gasteiger charge is -2.18. The Bertz CT molecular complexity index is 952. The minimum absolute atomic E-state index is 0.117. The molecule has 0 aliphatic carbocycles. The number of nitrogens with zero attached hydrogens (tertiary/aromatic N) is 3. The summed E-state index contributed by atoms with van der Waals surface area (Å²) in [6, 6.07) is 16.6. The molecule has 0 radical (unpaired) electrons. The van der Waals surface area contributed by atoms with Gasteiger partial charge < -0.3 is 15.0 Å². The number of benzene rings is 2. The number of methoxy groups -OCH3 is 1. The number of ether oxygens (including phenoxy) is 1. The topological polar surface area (TPSA) is 67.3 Å². The van der Waals surface area contributed by atoms with Gasteiger partial charge in [0.05, 0.1) is 7.11 Å². The van der Waals surface area contributed by atoms with Crippen LogP contribution >= 0.6 is 0 Å². The van der Waals surface area contributed by atoms with E-state index in [9.17, 15) is 4.79 Å². The van der Waals surface area contributed by atoms with Crippen LogP contribution in [0, 0.1) is 13.8 Å². The van der Waals surface area contributed by atoms with E-state index < -0.39 is 0 Å². The number of hydrogen-bond donors (Lipinski definition) is 1. The monoisotopic (exact) mass is 362 g/mol. The summed E-state index contributed by atoms with van der Waals surface area (Å²) in [5.41, 5.74) is 3.85. The Kier molecular flexibility index (Phi) is 5.35. The molecule has 0 saturated carbocycles. The fraction of sp³-hybridized carbons (Fsp3) is 0.190. The van der Waals surface area contributed by atoms with Crippen LogP contribution in [-0.4, -0.2) is 30.0 Å². The summed E-state index contributed by atoms with van der Waals surface area (Å²) in [7, 11) is 3.34. The maximum absolute atomic E-state index is 12.9. The number of hydrogen-bond acceptors (Lipinski definition) is 5. The minimum Gasteiger partial charge on any atom is -0.497 e. The zero-order chi connectivity index (χ0) is 19.4. The lowest BCUT2D eigenvalue weighted by atomic mass is 10.1. The quantitative estimate of drug-likeness (QED) is 0.739. The Morgan fingerprint density at radius 2 is 1.70 bits per heavy atom. The van der Waals surface area contributed by atoms with E-state index in [-0.39, 0.29) is 5.91 Å². The molecule has 1 N–H and O–H groups in total. The van der Waals surface area contributed by atoms with Gasteiger partial charge in [-0.25, -0.2) is 9.97 Å². The van der Waals surface area contributed by atoms with E-state index in [0.717, 1.165) is 22.8 Å². The number of amides is 1. The third-order valence-electron chi connectivity index (χ3n) is 4.09. The Morgan fingerprint density at radius 3 is 2.41 bits per heavy atom. The molecule has 6 heteroatoms. The summed E-state index contributed by atoms with van der Waals surface area (Å²) in [5.74, 6) is 1.10. The van der Waals surface area contributed by atoms with Gasteiger partial charge in [0.15, 0.2) is 0 Å². The average Bonchev–Trinajstić information content (AvgIpc) is 2.66. The first-order chi connectivity index (χ1) is 13.0.